The fourth-order valence-electron chi connectivity index (χ4n) is 5.01. The molecule has 1 aliphatic heterocycles. The minimum absolute atomic E-state index is 0.0529. The molecule has 1 fully saturated rings. The number of rotatable bonds is 5. The standard InChI is InChI=1S/C26H24O10/c1-10(28)23-21(30)22(31)25(35-23)12-4-5-15(29)20-17(34-3)8-13-18-14(26(32)36-24(13)19(12)20)6-11(9-27)7-16(18)33-2/h4-10,21-23,25,28-31H,1-3H3. The minimum Gasteiger partial charge on any atom is -0.507 e. The first kappa shape index (κ1) is 24.0. The van der Waals surface area contributed by atoms with Gasteiger partial charge in [-0.15, -0.1) is 0 Å². The second-order valence-electron chi connectivity index (χ2n) is 8.78. The summed E-state index contributed by atoms with van der Waals surface area (Å²) in [6, 6.07) is 7.32. The molecule has 1 saturated heterocycles. The topological polar surface area (TPSA) is 156 Å². The van der Waals surface area contributed by atoms with Crippen LogP contribution in [0.3, 0.4) is 0 Å². The first-order chi connectivity index (χ1) is 17.2. The lowest BCUT2D eigenvalue weighted by atomic mass is 9.92. The molecule has 188 valence electrons. The van der Waals surface area contributed by atoms with Crippen molar-refractivity contribution in [2.45, 2.75) is 37.4 Å². The summed E-state index contributed by atoms with van der Waals surface area (Å²) in [7, 11) is 2.81. The van der Waals surface area contributed by atoms with E-state index in [0.717, 1.165) is 0 Å². The zero-order valence-electron chi connectivity index (χ0n) is 19.6. The fourth-order valence-corrected chi connectivity index (χ4v) is 5.01. The number of phenolic OH excluding ortho intramolecular Hbond substituents is 1. The summed E-state index contributed by atoms with van der Waals surface area (Å²) in [5.74, 6) is 0.296. The highest BCUT2D eigenvalue weighted by Crippen LogP contribution is 2.47. The number of carbonyl (C=O) groups excluding carboxylic acids is 1. The highest BCUT2D eigenvalue weighted by Gasteiger charge is 2.46. The SMILES string of the molecule is COc1cc2c(oc(=O)c3cc(C=O)cc(OC)c32)c2c(C3OC(C(C)O)C(O)C3O)ccc(O)c12. The van der Waals surface area contributed by atoms with Gasteiger partial charge in [0.05, 0.1) is 31.1 Å². The van der Waals surface area contributed by atoms with Crippen LogP contribution in [0.4, 0.5) is 0 Å². The molecule has 36 heavy (non-hydrogen) atoms. The average molecular weight is 496 g/mol. The average Bonchev–Trinajstić information content (AvgIpc) is 3.17. The van der Waals surface area contributed by atoms with Crippen LogP contribution >= 0.6 is 0 Å². The van der Waals surface area contributed by atoms with Crippen molar-refractivity contribution in [3.8, 4) is 17.2 Å². The number of ether oxygens (including phenoxy) is 3. The van der Waals surface area contributed by atoms with Gasteiger partial charge in [0, 0.05) is 21.7 Å². The third-order valence-corrected chi connectivity index (χ3v) is 6.68. The van der Waals surface area contributed by atoms with E-state index >= 15 is 0 Å². The Hall–Kier alpha value is -3.70. The van der Waals surface area contributed by atoms with Gasteiger partial charge in [0.15, 0.2) is 0 Å². The molecule has 10 heteroatoms. The van der Waals surface area contributed by atoms with Crippen LogP contribution < -0.4 is 15.1 Å². The lowest BCUT2D eigenvalue weighted by Crippen LogP contribution is -2.36. The van der Waals surface area contributed by atoms with Gasteiger partial charge in [0.1, 0.15) is 53.5 Å². The Bertz CT molecular complexity index is 1570. The van der Waals surface area contributed by atoms with Gasteiger partial charge in [-0.25, -0.2) is 4.79 Å². The van der Waals surface area contributed by atoms with Crippen LogP contribution in [0.5, 0.6) is 17.2 Å². The molecule has 2 heterocycles. The number of hydrogen-bond donors (Lipinski definition) is 4. The van der Waals surface area contributed by atoms with Crippen molar-refractivity contribution in [2.24, 2.45) is 0 Å². The Morgan fingerprint density at radius 3 is 2.28 bits per heavy atom. The molecule has 0 saturated carbocycles. The Kier molecular flexibility index (Phi) is 5.84. The maximum absolute atomic E-state index is 13.1. The maximum Gasteiger partial charge on any atom is 0.344 e. The minimum atomic E-state index is -1.42. The van der Waals surface area contributed by atoms with Gasteiger partial charge in [-0.2, -0.15) is 0 Å². The highest BCUT2D eigenvalue weighted by atomic mass is 16.6. The monoisotopic (exact) mass is 496 g/mol. The van der Waals surface area contributed by atoms with Crippen LogP contribution in [0.25, 0.3) is 32.5 Å². The van der Waals surface area contributed by atoms with Gasteiger partial charge in [0.25, 0.3) is 0 Å². The summed E-state index contributed by atoms with van der Waals surface area (Å²) in [6.07, 6.45) is -5.49. The van der Waals surface area contributed by atoms with E-state index < -0.39 is 36.1 Å². The number of hydrogen-bond acceptors (Lipinski definition) is 10. The molecular formula is C26H24O10. The smallest absolute Gasteiger partial charge is 0.344 e. The molecule has 1 aliphatic rings. The van der Waals surface area contributed by atoms with E-state index in [9.17, 15) is 30.0 Å². The third-order valence-electron chi connectivity index (χ3n) is 6.68. The normalized spacial score (nSPS) is 22.8. The number of aliphatic hydroxyl groups excluding tert-OH is 3. The van der Waals surface area contributed by atoms with E-state index in [0.29, 0.717) is 22.6 Å². The second kappa shape index (κ2) is 8.75. The summed E-state index contributed by atoms with van der Waals surface area (Å²) in [4.78, 5) is 24.5. The number of fused-ring (bicyclic) bond motifs is 5. The Labute approximate surface area is 203 Å². The molecule has 5 atom stereocenters. The summed E-state index contributed by atoms with van der Waals surface area (Å²) in [5, 5.41) is 43.3. The van der Waals surface area contributed by atoms with Crippen molar-refractivity contribution in [3.63, 3.8) is 0 Å². The molecule has 5 unspecified atom stereocenters. The molecule has 0 bridgehead atoms. The molecule has 0 spiro atoms. The van der Waals surface area contributed by atoms with Crippen molar-refractivity contribution >= 4 is 38.8 Å². The van der Waals surface area contributed by atoms with E-state index in [1.807, 2.05) is 0 Å². The fraction of sp³-hybridized carbons (Fsp3) is 0.308. The van der Waals surface area contributed by atoms with Crippen LogP contribution in [-0.2, 0) is 4.74 Å². The van der Waals surface area contributed by atoms with Crippen molar-refractivity contribution in [1.29, 1.82) is 0 Å². The Morgan fingerprint density at radius 1 is 0.972 bits per heavy atom. The van der Waals surface area contributed by atoms with Gasteiger partial charge >= 0.3 is 5.63 Å². The molecule has 3 aromatic carbocycles. The number of phenols is 1. The van der Waals surface area contributed by atoms with Crippen molar-refractivity contribution < 1.29 is 43.8 Å². The predicted molar refractivity (Wildman–Crippen MR) is 129 cm³/mol. The molecule has 4 N–H and O–H groups in total. The third kappa shape index (κ3) is 3.41. The van der Waals surface area contributed by atoms with Gasteiger partial charge < -0.3 is 39.1 Å². The summed E-state index contributed by atoms with van der Waals surface area (Å²) in [6.45, 7) is 1.43. The van der Waals surface area contributed by atoms with Crippen LogP contribution in [0, 0.1) is 0 Å². The number of aliphatic hydroxyl groups is 3. The number of aldehydes is 1. The van der Waals surface area contributed by atoms with Crippen LogP contribution in [-0.4, -0.2) is 65.3 Å². The molecule has 0 amide bonds. The van der Waals surface area contributed by atoms with Crippen LogP contribution in [0.2, 0.25) is 0 Å². The number of methoxy groups -OCH3 is 2. The maximum atomic E-state index is 13.1. The Morgan fingerprint density at radius 2 is 1.67 bits per heavy atom. The second-order valence-corrected chi connectivity index (χ2v) is 8.78. The number of aromatic hydroxyl groups is 1. The molecule has 0 radical (unpaired) electrons. The lowest BCUT2D eigenvalue weighted by molar-refractivity contribution is -0.0586. The molecule has 5 rings (SSSR count). The van der Waals surface area contributed by atoms with E-state index in [2.05, 4.69) is 0 Å². The lowest BCUT2D eigenvalue weighted by Gasteiger charge is -2.20. The molecule has 0 aliphatic carbocycles. The van der Waals surface area contributed by atoms with Gasteiger partial charge in [-0.05, 0) is 36.8 Å². The first-order valence-electron chi connectivity index (χ1n) is 11.2. The summed E-state index contributed by atoms with van der Waals surface area (Å²) >= 11 is 0. The van der Waals surface area contributed by atoms with E-state index in [1.54, 1.807) is 6.07 Å². The van der Waals surface area contributed by atoms with Crippen molar-refractivity contribution in [1.82, 2.24) is 0 Å². The predicted octanol–water partition coefficient (Wildman–Crippen LogP) is 2.18. The van der Waals surface area contributed by atoms with Gasteiger partial charge in [-0.3, -0.25) is 4.79 Å². The van der Waals surface area contributed by atoms with Crippen molar-refractivity contribution in [3.05, 3.63) is 51.9 Å². The van der Waals surface area contributed by atoms with E-state index in [1.165, 1.54) is 45.4 Å². The largest absolute Gasteiger partial charge is 0.507 e. The zero-order valence-corrected chi connectivity index (χ0v) is 19.6. The molecule has 10 nitrogen and oxygen atoms in total. The summed E-state index contributed by atoms with van der Waals surface area (Å²) in [5.41, 5.74) is -0.183. The zero-order chi connectivity index (χ0) is 25.9. The van der Waals surface area contributed by atoms with Gasteiger partial charge in [-0.1, -0.05) is 6.07 Å². The molecule has 4 aromatic rings. The number of benzene rings is 3. The molecular weight excluding hydrogens is 472 g/mol. The van der Waals surface area contributed by atoms with E-state index in [4.69, 9.17) is 18.6 Å². The highest BCUT2D eigenvalue weighted by molar-refractivity contribution is 6.19. The molecule has 1 aromatic heterocycles. The van der Waals surface area contributed by atoms with Crippen LogP contribution in [0.1, 0.15) is 28.9 Å². The summed E-state index contributed by atoms with van der Waals surface area (Å²) < 4.78 is 22.6. The van der Waals surface area contributed by atoms with Gasteiger partial charge in [0.2, 0.25) is 0 Å². The van der Waals surface area contributed by atoms with Crippen LogP contribution in [0.15, 0.2) is 39.5 Å². The number of carbonyl (C=O) groups is 1. The van der Waals surface area contributed by atoms with E-state index in [-0.39, 0.29) is 44.6 Å². The van der Waals surface area contributed by atoms with Crippen molar-refractivity contribution in [2.75, 3.05) is 14.2 Å². The Balaban J connectivity index is 1.95. The first-order valence-corrected chi connectivity index (χ1v) is 11.2. The quantitative estimate of drug-likeness (QED) is 0.183.